The van der Waals surface area contributed by atoms with Crippen LogP contribution < -0.4 is 16.0 Å². The van der Waals surface area contributed by atoms with E-state index in [4.69, 9.17) is 5.73 Å². The summed E-state index contributed by atoms with van der Waals surface area (Å²) in [6, 6.07) is 4.18. The first kappa shape index (κ1) is 11.9. The van der Waals surface area contributed by atoms with Crippen LogP contribution >= 0.6 is 0 Å². The Morgan fingerprint density at radius 3 is 3.12 bits per heavy atom. The van der Waals surface area contributed by atoms with Crippen LogP contribution in [0.5, 0.6) is 0 Å². The first-order valence-corrected chi connectivity index (χ1v) is 5.95. The van der Waals surface area contributed by atoms with Gasteiger partial charge in [0, 0.05) is 31.0 Å². The summed E-state index contributed by atoms with van der Waals surface area (Å²) in [7, 11) is 0. The Labute approximate surface area is 101 Å². The predicted molar refractivity (Wildman–Crippen MR) is 67.0 cm³/mol. The van der Waals surface area contributed by atoms with Gasteiger partial charge in [-0.15, -0.1) is 0 Å². The third-order valence-electron chi connectivity index (χ3n) is 3.14. The average Bonchev–Trinajstić information content (AvgIpc) is 2.84. The molecule has 92 valence electrons. The van der Waals surface area contributed by atoms with E-state index in [9.17, 15) is 4.79 Å². The Balaban J connectivity index is 2.23. The van der Waals surface area contributed by atoms with Gasteiger partial charge in [-0.05, 0) is 32.0 Å². The normalized spacial score (nSPS) is 19.2. The first-order chi connectivity index (χ1) is 8.22. The molecule has 17 heavy (non-hydrogen) atoms. The molecule has 3 N–H and O–H groups in total. The van der Waals surface area contributed by atoms with Gasteiger partial charge in [0.1, 0.15) is 5.69 Å². The molecule has 1 amide bonds. The molecule has 2 heterocycles. The number of hydrogen-bond acceptors (Lipinski definition) is 4. The van der Waals surface area contributed by atoms with E-state index in [2.05, 4.69) is 22.1 Å². The van der Waals surface area contributed by atoms with Crippen LogP contribution in [0.3, 0.4) is 0 Å². The fourth-order valence-corrected chi connectivity index (χ4v) is 2.29. The van der Waals surface area contributed by atoms with Crippen molar-refractivity contribution < 1.29 is 4.79 Å². The smallest absolute Gasteiger partial charge is 0.267 e. The highest BCUT2D eigenvalue weighted by molar-refractivity contribution is 5.91. The van der Waals surface area contributed by atoms with Gasteiger partial charge < -0.3 is 16.0 Å². The van der Waals surface area contributed by atoms with Gasteiger partial charge in [-0.1, -0.05) is 0 Å². The Morgan fingerprint density at radius 2 is 2.53 bits per heavy atom. The van der Waals surface area contributed by atoms with Gasteiger partial charge >= 0.3 is 0 Å². The molecule has 0 bridgehead atoms. The van der Waals surface area contributed by atoms with Crippen molar-refractivity contribution in [2.24, 2.45) is 5.73 Å². The molecule has 1 saturated heterocycles. The molecule has 0 aromatic carbocycles. The summed E-state index contributed by atoms with van der Waals surface area (Å²) in [5, 5.41) is 3.35. The molecule has 1 aromatic rings. The summed E-state index contributed by atoms with van der Waals surface area (Å²) in [6.45, 7) is 5.06. The van der Waals surface area contributed by atoms with Gasteiger partial charge in [0.25, 0.3) is 5.91 Å². The number of primary amides is 1. The van der Waals surface area contributed by atoms with Crippen molar-refractivity contribution in [2.45, 2.75) is 19.4 Å². The maximum absolute atomic E-state index is 11.1. The zero-order valence-corrected chi connectivity index (χ0v) is 10.0. The van der Waals surface area contributed by atoms with Crippen molar-refractivity contribution in [1.29, 1.82) is 0 Å². The quantitative estimate of drug-likeness (QED) is 0.789. The fourth-order valence-electron chi connectivity index (χ4n) is 2.29. The van der Waals surface area contributed by atoms with Crippen molar-refractivity contribution >= 4 is 11.6 Å². The third-order valence-corrected chi connectivity index (χ3v) is 3.14. The second kappa shape index (κ2) is 5.14. The zero-order chi connectivity index (χ0) is 12.3. The summed E-state index contributed by atoms with van der Waals surface area (Å²) in [6.07, 6.45) is 2.77. The first-order valence-electron chi connectivity index (χ1n) is 5.95. The highest BCUT2D eigenvalue weighted by Crippen LogP contribution is 2.20. The van der Waals surface area contributed by atoms with E-state index in [1.54, 1.807) is 12.3 Å². The minimum atomic E-state index is -0.479. The summed E-state index contributed by atoms with van der Waals surface area (Å²) in [5.74, 6) is -0.479. The van der Waals surface area contributed by atoms with Crippen molar-refractivity contribution in [3.05, 3.63) is 24.0 Å². The van der Waals surface area contributed by atoms with Crippen molar-refractivity contribution in [3.63, 3.8) is 0 Å². The van der Waals surface area contributed by atoms with E-state index in [0.717, 1.165) is 31.7 Å². The van der Waals surface area contributed by atoms with E-state index in [0.29, 0.717) is 11.7 Å². The number of amides is 1. The molecular weight excluding hydrogens is 216 g/mol. The van der Waals surface area contributed by atoms with Gasteiger partial charge in [-0.25, -0.2) is 0 Å². The topological polar surface area (TPSA) is 71.2 Å². The summed E-state index contributed by atoms with van der Waals surface area (Å²) >= 11 is 0. The summed E-state index contributed by atoms with van der Waals surface area (Å²) in [4.78, 5) is 17.4. The monoisotopic (exact) mass is 234 g/mol. The molecule has 1 aliphatic rings. The maximum atomic E-state index is 11.1. The highest BCUT2D eigenvalue weighted by Gasteiger charge is 2.21. The lowest BCUT2D eigenvalue weighted by Crippen LogP contribution is -2.36. The number of carbonyl (C=O) groups excluding carboxylic acids is 1. The van der Waals surface area contributed by atoms with E-state index in [1.807, 2.05) is 6.07 Å². The van der Waals surface area contributed by atoms with E-state index in [-0.39, 0.29) is 0 Å². The minimum absolute atomic E-state index is 0.326. The van der Waals surface area contributed by atoms with Crippen molar-refractivity contribution in [1.82, 2.24) is 10.3 Å². The molecule has 5 nitrogen and oxygen atoms in total. The van der Waals surface area contributed by atoms with Crippen LogP contribution in [0, 0.1) is 0 Å². The number of rotatable bonds is 4. The zero-order valence-electron chi connectivity index (χ0n) is 10.0. The predicted octanol–water partition coefficient (Wildman–Crippen LogP) is 0.369. The standard InChI is InChI=1S/C12H18N4O/c1-2-16(10-3-5-14-8-10)9-4-6-15-11(7-9)12(13)17/h4,6-7,10,14H,2-3,5,8H2,1H3,(H2,13,17). The Kier molecular flexibility index (Phi) is 3.58. The molecule has 1 atom stereocenters. The van der Waals surface area contributed by atoms with E-state index >= 15 is 0 Å². The number of nitrogens with zero attached hydrogens (tertiary/aromatic N) is 2. The largest absolute Gasteiger partial charge is 0.367 e. The third kappa shape index (κ3) is 2.55. The van der Waals surface area contributed by atoms with Crippen LogP contribution in [0.1, 0.15) is 23.8 Å². The molecule has 1 fully saturated rings. The van der Waals surface area contributed by atoms with Crippen molar-refractivity contribution in [2.75, 3.05) is 24.5 Å². The molecule has 1 unspecified atom stereocenters. The van der Waals surface area contributed by atoms with Crippen LogP contribution in [0.15, 0.2) is 18.3 Å². The number of anilines is 1. The summed E-state index contributed by atoms with van der Waals surface area (Å²) in [5.41, 5.74) is 6.59. The second-order valence-electron chi connectivity index (χ2n) is 4.20. The lowest BCUT2D eigenvalue weighted by Gasteiger charge is -2.29. The number of hydrogen-bond donors (Lipinski definition) is 2. The van der Waals surface area contributed by atoms with E-state index < -0.39 is 5.91 Å². The van der Waals surface area contributed by atoms with Gasteiger partial charge in [0.2, 0.25) is 0 Å². The molecule has 1 aromatic heterocycles. The van der Waals surface area contributed by atoms with Crippen LogP contribution in [0.4, 0.5) is 5.69 Å². The highest BCUT2D eigenvalue weighted by atomic mass is 16.1. The molecular formula is C12H18N4O. The number of nitrogens with two attached hydrogens (primary N) is 1. The molecule has 1 aliphatic heterocycles. The van der Waals surface area contributed by atoms with Crippen LogP contribution in [-0.2, 0) is 0 Å². The lowest BCUT2D eigenvalue weighted by atomic mass is 10.2. The number of carbonyl (C=O) groups is 1. The Hall–Kier alpha value is -1.62. The molecule has 0 aliphatic carbocycles. The minimum Gasteiger partial charge on any atom is -0.367 e. The molecule has 0 saturated carbocycles. The van der Waals surface area contributed by atoms with Crippen molar-refractivity contribution in [3.8, 4) is 0 Å². The molecule has 2 rings (SSSR count). The fraction of sp³-hybridized carbons (Fsp3) is 0.500. The molecule has 0 radical (unpaired) electrons. The number of pyridine rings is 1. The maximum Gasteiger partial charge on any atom is 0.267 e. The number of aromatic nitrogens is 1. The van der Waals surface area contributed by atoms with E-state index in [1.165, 1.54) is 0 Å². The summed E-state index contributed by atoms with van der Waals surface area (Å²) < 4.78 is 0. The van der Waals surface area contributed by atoms with Crippen LogP contribution in [0.25, 0.3) is 0 Å². The second-order valence-corrected chi connectivity index (χ2v) is 4.20. The van der Waals surface area contributed by atoms with Gasteiger partial charge in [0.15, 0.2) is 0 Å². The van der Waals surface area contributed by atoms with Gasteiger partial charge in [0.05, 0.1) is 0 Å². The molecule has 5 heteroatoms. The molecule has 0 spiro atoms. The average molecular weight is 234 g/mol. The Morgan fingerprint density at radius 1 is 1.71 bits per heavy atom. The SMILES string of the molecule is CCN(c1ccnc(C(N)=O)c1)C1CCNC1. The van der Waals surface area contributed by atoms with Crippen LogP contribution in [0.2, 0.25) is 0 Å². The lowest BCUT2D eigenvalue weighted by molar-refractivity contribution is 0.0995. The number of likely N-dealkylation sites (N-methyl/N-ethyl adjacent to an activating group) is 1. The van der Waals surface area contributed by atoms with Gasteiger partial charge in [-0.3, -0.25) is 9.78 Å². The van der Waals surface area contributed by atoms with Crippen LogP contribution in [-0.4, -0.2) is 36.6 Å². The van der Waals surface area contributed by atoms with Gasteiger partial charge in [-0.2, -0.15) is 0 Å². The number of nitrogens with one attached hydrogen (secondary N) is 1. The Bertz CT molecular complexity index is 401.